The first-order chi connectivity index (χ1) is 7.41. The number of aliphatic carboxylic acids is 1. The number of carbonyl (C=O) groups excluding carboxylic acids is 1. The van der Waals surface area contributed by atoms with E-state index < -0.39 is 17.7 Å². The molecule has 0 heterocycles. The second kappa shape index (κ2) is 5.21. The van der Waals surface area contributed by atoms with Gasteiger partial charge >= 0.3 is 5.97 Å². The van der Waals surface area contributed by atoms with Gasteiger partial charge in [0.1, 0.15) is 5.82 Å². The normalized spacial score (nSPS) is 12.2. The molecule has 5 heteroatoms. The number of ketones is 1. The van der Waals surface area contributed by atoms with Crippen LogP contribution in [0.2, 0.25) is 0 Å². The summed E-state index contributed by atoms with van der Waals surface area (Å²) in [7, 11) is 0. The van der Waals surface area contributed by atoms with E-state index in [1.54, 1.807) is 0 Å². The summed E-state index contributed by atoms with van der Waals surface area (Å²) in [5.74, 6) is -2.72. The van der Waals surface area contributed by atoms with E-state index in [2.05, 4.69) is 15.9 Å². The van der Waals surface area contributed by atoms with Crippen molar-refractivity contribution in [2.75, 3.05) is 0 Å². The lowest BCUT2D eigenvalue weighted by molar-refractivity contribution is -0.141. The van der Waals surface area contributed by atoms with Crippen molar-refractivity contribution >= 4 is 27.7 Å². The maximum absolute atomic E-state index is 12.9. The Hall–Kier alpha value is -1.23. The van der Waals surface area contributed by atoms with Crippen LogP contribution in [0.25, 0.3) is 0 Å². The average Bonchev–Trinajstić information content (AvgIpc) is 2.21. The zero-order chi connectivity index (χ0) is 12.3. The molecule has 0 aromatic heterocycles. The zero-order valence-corrected chi connectivity index (χ0v) is 10.1. The molecule has 0 fully saturated rings. The fourth-order valence-electron chi connectivity index (χ4n) is 1.19. The average molecular weight is 289 g/mol. The lowest BCUT2D eigenvalue weighted by Crippen LogP contribution is -2.15. The molecular formula is C11H10BrFO3. The van der Waals surface area contributed by atoms with Crippen LogP contribution in [-0.4, -0.2) is 16.9 Å². The lowest BCUT2D eigenvalue weighted by atomic mass is 10.00. The molecule has 0 radical (unpaired) electrons. The SMILES string of the molecule is CC(CC(=O)c1cc(F)ccc1Br)C(=O)O. The molecule has 86 valence electrons. The Labute approximate surface area is 100 Å². The fraction of sp³-hybridized carbons (Fsp3) is 0.273. The molecule has 1 rings (SSSR count). The molecule has 1 unspecified atom stereocenters. The van der Waals surface area contributed by atoms with Crippen LogP contribution in [-0.2, 0) is 4.79 Å². The summed E-state index contributed by atoms with van der Waals surface area (Å²) in [6.07, 6.45) is -0.141. The first kappa shape index (κ1) is 12.8. The van der Waals surface area contributed by atoms with Crippen molar-refractivity contribution in [1.29, 1.82) is 0 Å². The Morgan fingerprint density at radius 2 is 2.12 bits per heavy atom. The van der Waals surface area contributed by atoms with Crippen LogP contribution in [0.5, 0.6) is 0 Å². The minimum absolute atomic E-state index is 0.141. The summed E-state index contributed by atoms with van der Waals surface area (Å²) in [4.78, 5) is 22.3. The van der Waals surface area contributed by atoms with E-state index in [0.29, 0.717) is 4.47 Å². The van der Waals surface area contributed by atoms with Gasteiger partial charge in [-0.3, -0.25) is 9.59 Å². The van der Waals surface area contributed by atoms with E-state index in [1.165, 1.54) is 19.1 Å². The summed E-state index contributed by atoms with van der Waals surface area (Å²) < 4.78 is 13.4. The van der Waals surface area contributed by atoms with Crippen molar-refractivity contribution in [3.8, 4) is 0 Å². The van der Waals surface area contributed by atoms with Gasteiger partial charge in [0.05, 0.1) is 5.92 Å². The highest BCUT2D eigenvalue weighted by Gasteiger charge is 2.19. The molecule has 0 spiro atoms. The van der Waals surface area contributed by atoms with Gasteiger partial charge in [-0.2, -0.15) is 0 Å². The minimum atomic E-state index is -1.04. The van der Waals surface area contributed by atoms with Gasteiger partial charge in [-0.05, 0) is 18.2 Å². The fourth-order valence-corrected chi connectivity index (χ4v) is 1.65. The summed E-state index contributed by atoms with van der Waals surface area (Å²) >= 11 is 3.12. The van der Waals surface area contributed by atoms with Crippen LogP contribution in [0.3, 0.4) is 0 Å². The molecule has 1 N–H and O–H groups in total. The van der Waals surface area contributed by atoms with Gasteiger partial charge < -0.3 is 5.11 Å². The number of carbonyl (C=O) groups is 2. The van der Waals surface area contributed by atoms with Crippen molar-refractivity contribution in [3.63, 3.8) is 0 Å². The van der Waals surface area contributed by atoms with Crippen LogP contribution >= 0.6 is 15.9 Å². The lowest BCUT2D eigenvalue weighted by Gasteiger charge is -2.06. The number of halogens is 2. The summed E-state index contributed by atoms with van der Waals surface area (Å²) in [6.45, 7) is 1.44. The van der Waals surface area contributed by atoms with Gasteiger partial charge in [0.15, 0.2) is 5.78 Å². The molecule has 3 nitrogen and oxygen atoms in total. The maximum atomic E-state index is 12.9. The number of carboxylic acid groups (broad SMARTS) is 1. The molecule has 0 amide bonds. The molecular weight excluding hydrogens is 279 g/mol. The molecule has 1 aromatic rings. The largest absolute Gasteiger partial charge is 0.481 e. The molecule has 0 saturated carbocycles. The van der Waals surface area contributed by atoms with E-state index in [1.807, 2.05) is 0 Å². The monoisotopic (exact) mass is 288 g/mol. The quantitative estimate of drug-likeness (QED) is 0.867. The number of hydrogen-bond donors (Lipinski definition) is 1. The number of hydrogen-bond acceptors (Lipinski definition) is 2. The molecule has 1 aromatic carbocycles. The molecule has 0 aliphatic carbocycles. The van der Waals surface area contributed by atoms with Crippen molar-refractivity contribution in [3.05, 3.63) is 34.1 Å². The third-order valence-corrected chi connectivity index (χ3v) is 2.83. The topological polar surface area (TPSA) is 54.4 Å². The highest BCUT2D eigenvalue weighted by molar-refractivity contribution is 9.10. The second-order valence-corrected chi connectivity index (χ2v) is 4.35. The summed E-state index contributed by atoms with van der Waals surface area (Å²) in [5, 5.41) is 8.66. The van der Waals surface area contributed by atoms with Crippen LogP contribution < -0.4 is 0 Å². The second-order valence-electron chi connectivity index (χ2n) is 3.49. The van der Waals surface area contributed by atoms with Gasteiger partial charge in [-0.25, -0.2) is 4.39 Å². The predicted octanol–water partition coefficient (Wildman–Crippen LogP) is 2.88. The summed E-state index contributed by atoms with van der Waals surface area (Å²) in [6, 6.07) is 3.75. The predicted molar refractivity (Wildman–Crippen MR) is 59.8 cm³/mol. The standard InChI is InChI=1S/C11H10BrFO3/c1-6(11(15)16)4-10(14)8-5-7(13)2-3-9(8)12/h2-3,5-6H,4H2,1H3,(H,15,16). The number of rotatable bonds is 4. The maximum Gasteiger partial charge on any atom is 0.306 e. The van der Waals surface area contributed by atoms with Crippen LogP contribution in [0.1, 0.15) is 23.7 Å². The molecule has 0 aliphatic heterocycles. The third-order valence-electron chi connectivity index (χ3n) is 2.14. The first-order valence-corrected chi connectivity index (χ1v) is 5.42. The number of benzene rings is 1. The zero-order valence-electron chi connectivity index (χ0n) is 8.54. The van der Waals surface area contributed by atoms with Crippen LogP contribution in [0.15, 0.2) is 22.7 Å². The third kappa shape index (κ3) is 3.13. The van der Waals surface area contributed by atoms with E-state index in [0.717, 1.165) is 6.07 Å². The van der Waals surface area contributed by atoms with Crippen LogP contribution in [0.4, 0.5) is 4.39 Å². The molecule has 0 saturated heterocycles. The van der Waals surface area contributed by atoms with E-state index in [4.69, 9.17) is 5.11 Å². The number of carboxylic acids is 1. The van der Waals surface area contributed by atoms with Crippen molar-refractivity contribution in [1.82, 2.24) is 0 Å². The van der Waals surface area contributed by atoms with Crippen LogP contribution in [0, 0.1) is 11.7 Å². The number of Topliss-reactive ketones (excluding diaryl/α,β-unsaturated/α-hetero) is 1. The highest BCUT2D eigenvalue weighted by atomic mass is 79.9. The Balaban J connectivity index is 2.88. The molecule has 0 bridgehead atoms. The van der Waals surface area contributed by atoms with Gasteiger partial charge in [0.2, 0.25) is 0 Å². The Kier molecular flexibility index (Phi) is 4.18. The van der Waals surface area contributed by atoms with Crippen molar-refractivity contribution in [2.24, 2.45) is 5.92 Å². The summed E-state index contributed by atoms with van der Waals surface area (Å²) in [5.41, 5.74) is 0.174. The van der Waals surface area contributed by atoms with Gasteiger partial charge in [0, 0.05) is 16.5 Å². The van der Waals surface area contributed by atoms with E-state index in [-0.39, 0.29) is 17.8 Å². The van der Waals surface area contributed by atoms with Gasteiger partial charge in [-0.15, -0.1) is 0 Å². The highest BCUT2D eigenvalue weighted by Crippen LogP contribution is 2.21. The van der Waals surface area contributed by atoms with Crippen molar-refractivity contribution in [2.45, 2.75) is 13.3 Å². The van der Waals surface area contributed by atoms with Gasteiger partial charge in [0.25, 0.3) is 0 Å². The molecule has 1 atom stereocenters. The van der Waals surface area contributed by atoms with E-state index >= 15 is 0 Å². The Bertz CT molecular complexity index is 431. The van der Waals surface area contributed by atoms with Crippen molar-refractivity contribution < 1.29 is 19.1 Å². The molecule has 0 aliphatic rings. The van der Waals surface area contributed by atoms with E-state index in [9.17, 15) is 14.0 Å². The molecule has 16 heavy (non-hydrogen) atoms. The Morgan fingerprint density at radius 1 is 1.50 bits per heavy atom. The minimum Gasteiger partial charge on any atom is -0.481 e. The first-order valence-electron chi connectivity index (χ1n) is 4.63. The Morgan fingerprint density at radius 3 is 2.69 bits per heavy atom. The van der Waals surface area contributed by atoms with Gasteiger partial charge in [-0.1, -0.05) is 22.9 Å². The smallest absolute Gasteiger partial charge is 0.306 e.